The van der Waals surface area contributed by atoms with E-state index in [0.29, 0.717) is 35.1 Å². The number of ketones is 2. The Labute approximate surface area is 237 Å². The van der Waals surface area contributed by atoms with Crippen LogP contribution in [0.3, 0.4) is 0 Å². The van der Waals surface area contributed by atoms with Crippen molar-refractivity contribution in [3.8, 4) is 0 Å². The van der Waals surface area contributed by atoms with Crippen molar-refractivity contribution >= 4 is 93.4 Å². The Bertz CT molecular complexity index is 940. The summed E-state index contributed by atoms with van der Waals surface area (Å²) in [5.41, 5.74) is 1.36. The van der Waals surface area contributed by atoms with Crippen LogP contribution in [0.2, 0.25) is 0 Å². The number of rotatable bonds is 10. The van der Waals surface area contributed by atoms with E-state index in [0.717, 1.165) is 0 Å². The Hall–Kier alpha value is -1.42. The molecule has 2 N–H and O–H groups in total. The van der Waals surface area contributed by atoms with Crippen LogP contribution in [0.1, 0.15) is 46.4 Å². The molecule has 0 radical (unpaired) electrons. The number of nitrogens with one attached hydrogen (secondary N) is 2. The zero-order chi connectivity index (χ0) is 26.9. The second-order valence-electron chi connectivity index (χ2n) is 7.60. The minimum atomic E-state index is -1.73. The number of ether oxygens (including phenoxy) is 2. The quantitative estimate of drug-likeness (QED) is 0.240. The third-order valence-electron chi connectivity index (χ3n) is 4.81. The van der Waals surface area contributed by atoms with E-state index in [4.69, 9.17) is 79.1 Å². The summed E-state index contributed by atoms with van der Waals surface area (Å²) in [6.45, 7) is -0.520. The van der Waals surface area contributed by atoms with Crippen LogP contribution in [0.4, 0.5) is 9.59 Å². The highest BCUT2D eigenvalue weighted by Crippen LogP contribution is 2.31. The number of benzene rings is 1. The smallest absolute Gasteiger partial charge is 0.407 e. The lowest BCUT2D eigenvalue weighted by Gasteiger charge is -2.21. The third kappa shape index (κ3) is 10.5. The molecule has 14 heteroatoms. The molecule has 198 valence electrons. The van der Waals surface area contributed by atoms with Gasteiger partial charge in [0.05, 0.1) is 0 Å². The maximum Gasteiger partial charge on any atom is 0.407 e. The second-order valence-corrected chi connectivity index (χ2v) is 12.6. The summed E-state index contributed by atoms with van der Waals surface area (Å²) in [5, 5.41) is 4.99. The van der Waals surface area contributed by atoms with Gasteiger partial charge >= 0.3 is 12.2 Å². The van der Waals surface area contributed by atoms with Crippen molar-refractivity contribution in [3.05, 3.63) is 46.5 Å². The summed E-state index contributed by atoms with van der Waals surface area (Å²) in [5.74, 6) is -0.511. The Morgan fingerprint density at radius 2 is 1.06 bits per heavy atom. The molecule has 1 aromatic rings. The molecule has 0 atom stereocenters. The lowest BCUT2D eigenvalue weighted by atomic mass is 9.80. The first-order valence-corrected chi connectivity index (χ1v) is 12.9. The maximum absolute atomic E-state index is 13.1. The summed E-state index contributed by atoms with van der Waals surface area (Å²) in [6.07, 6.45) is -0.385. The molecule has 0 unspecified atom stereocenters. The van der Waals surface area contributed by atoms with Crippen molar-refractivity contribution in [2.75, 3.05) is 26.3 Å². The number of halogens is 6. The molecule has 0 fully saturated rings. The summed E-state index contributed by atoms with van der Waals surface area (Å²) in [4.78, 5) is 49.7. The summed E-state index contributed by atoms with van der Waals surface area (Å²) in [7, 11) is 0. The zero-order valence-electron chi connectivity index (χ0n) is 18.7. The number of allylic oxidation sites excluding steroid dienone is 2. The van der Waals surface area contributed by atoms with Gasteiger partial charge in [0, 0.05) is 35.4 Å². The van der Waals surface area contributed by atoms with E-state index < -0.39 is 33.0 Å². The van der Waals surface area contributed by atoms with Crippen molar-refractivity contribution in [2.24, 2.45) is 0 Å². The lowest BCUT2D eigenvalue weighted by molar-refractivity contribution is 0.0968. The summed E-state index contributed by atoms with van der Waals surface area (Å²) in [6, 6.07) is 6.56. The normalized spacial score (nSPS) is 13.8. The van der Waals surface area contributed by atoms with Gasteiger partial charge in [0.25, 0.3) is 0 Å². The molecule has 0 saturated heterocycles. The van der Waals surface area contributed by atoms with Crippen LogP contribution in [0, 0.1) is 0 Å². The molecule has 1 aromatic carbocycles. The van der Waals surface area contributed by atoms with Crippen LogP contribution in [0.5, 0.6) is 0 Å². The van der Waals surface area contributed by atoms with Gasteiger partial charge in [-0.2, -0.15) is 0 Å². The maximum atomic E-state index is 13.1. The van der Waals surface area contributed by atoms with Crippen LogP contribution >= 0.6 is 69.6 Å². The molecule has 2 rings (SSSR count). The topological polar surface area (TPSA) is 111 Å². The van der Waals surface area contributed by atoms with Crippen molar-refractivity contribution in [1.82, 2.24) is 10.6 Å². The lowest BCUT2D eigenvalue weighted by Crippen LogP contribution is -2.30. The van der Waals surface area contributed by atoms with E-state index in [1.165, 1.54) is 0 Å². The molecule has 1 aliphatic carbocycles. The average molecular weight is 623 g/mol. The number of carbonyl (C=O) groups is 4. The van der Waals surface area contributed by atoms with E-state index in [9.17, 15) is 19.2 Å². The molecule has 1 aliphatic rings. The first-order chi connectivity index (χ1) is 16.8. The predicted octanol–water partition coefficient (Wildman–Crippen LogP) is 6.12. The molecule has 2 amide bonds. The van der Waals surface area contributed by atoms with Crippen LogP contribution in [0.25, 0.3) is 0 Å². The average Bonchev–Trinajstić information content (AvgIpc) is 2.80. The fraction of sp³-hybridized carbons (Fsp3) is 0.455. The van der Waals surface area contributed by atoms with Crippen molar-refractivity contribution in [3.63, 3.8) is 0 Å². The van der Waals surface area contributed by atoms with E-state index in [-0.39, 0.29) is 37.5 Å². The van der Waals surface area contributed by atoms with Crippen LogP contribution < -0.4 is 10.6 Å². The van der Waals surface area contributed by atoms with E-state index in [1.54, 1.807) is 24.3 Å². The molecule has 0 saturated carbocycles. The fourth-order valence-corrected chi connectivity index (χ4v) is 3.64. The third-order valence-corrected chi connectivity index (χ3v) is 5.46. The van der Waals surface area contributed by atoms with Crippen LogP contribution in [0.15, 0.2) is 35.4 Å². The van der Waals surface area contributed by atoms with Gasteiger partial charge in [0.2, 0.25) is 7.59 Å². The second kappa shape index (κ2) is 13.9. The SMILES string of the molecule is O=C(NCCCC1=C(CCCNC(=O)OCC(Cl)(Cl)Cl)C(=O)c2ccccc2C1=O)OCC(Cl)(Cl)Cl. The number of alkyl carbamates (subject to hydrolysis) is 2. The predicted molar refractivity (Wildman–Crippen MR) is 140 cm³/mol. The number of fused-ring (bicyclic) bond motifs is 1. The van der Waals surface area contributed by atoms with Gasteiger partial charge in [-0.1, -0.05) is 93.9 Å². The van der Waals surface area contributed by atoms with Crippen molar-refractivity contribution < 1.29 is 28.7 Å². The molecule has 0 aromatic heterocycles. The number of alkyl halides is 6. The standard InChI is InChI=1S/C22H22Cl6N2O6/c23-21(24,25)11-35-19(33)29-9-3-7-15-16(8-4-10-30-20(34)36-12-22(26,27)28)18(32)14-6-2-1-5-13(14)17(15)31/h1-2,5-6H,3-4,7-12H2,(H,29,33)(H,30,34). The number of Topliss-reactive ketones (excluding diaryl/α,β-unsaturated/α-hetero) is 2. The molecule has 0 spiro atoms. The first kappa shape index (κ1) is 30.8. The monoisotopic (exact) mass is 620 g/mol. The largest absolute Gasteiger partial charge is 0.445 e. The highest BCUT2D eigenvalue weighted by Gasteiger charge is 2.31. The molecule has 8 nitrogen and oxygen atoms in total. The number of amides is 2. The van der Waals surface area contributed by atoms with Crippen molar-refractivity contribution in [2.45, 2.75) is 33.3 Å². The Morgan fingerprint density at radius 1 is 0.694 bits per heavy atom. The van der Waals surface area contributed by atoms with E-state index in [2.05, 4.69) is 10.6 Å². The number of hydrogen-bond donors (Lipinski definition) is 2. The Kier molecular flexibility index (Phi) is 11.9. The van der Waals surface area contributed by atoms with Gasteiger partial charge in [-0.15, -0.1) is 0 Å². The molecule has 0 bridgehead atoms. The first-order valence-electron chi connectivity index (χ1n) is 10.6. The molecule has 36 heavy (non-hydrogen) atoms. The Morgan fingerprint density at radius 3 is 1.39 bits per heavy atom. The molecule has 0 aliphatic heterocycles. The van der Waals surface area contributed by atoms with Gasteiger partial charge < -0.3 is 20.1 Å². The molecular formula is C22H22Cl6N2O6. The van der Waals surface area contributed by atoms with Crippen molar-refractivity contribution in [1.29, 1.82) is 0 Å². The minimum absolute atomic E-state index is 0.162. The van der Waals surface area contributed by atoms with Gasteiger partial charge in [-0.25, -0.2) is 9.59 Å². The summed E-state index contributed by atoms with van der Waals surface area (Å²) >= 11 is 33.2. The van der Waals surface area contributed by atoms with Gasteiger partial charge in [-0.3, -0.25) is 9.59 Å². The number of hydrogen-bond acceptors (Lipinski definition) is 6. The van der Waals surface area contributed by atoms with Gasteiger partial charge in [0.1, 0.15) is 13.2 Å². The fourth-order valence-electron chi connectivity index (χ4n) is 3.32. The number of carbonyl (C=O) groups excluding carboxylic acids is 4. The Balaban J connectivity index is 1.98. The van der Waals surface area contributed by atoms with E-state index >= 15 is 0 Å². The highest BCUT2D eigenvalue weighted by molar-refractivity contribution is 6.68. The minimum Gasteiger partial charge on any atom is -0.445 e. The highest BCUT2D eigenvalue weighted by atomic mass is 35.6. The molecule has 0 heterocycles. The van der Waals surface area contributed by atoms with Crippen LogP contribution in [-0.2, 0) is 9.47 Å². The van der Waals surface area contributed by atoms with E-state index in [1.807, 2.05) is 0 Å². The zero-order valence-corrected chi connectivity index (χ0v) is 23.2. The van der Waals surface area contributed by atoms with Gasteiger partial charge in [-0.05, 0) is 25.7 Å². The molecular weight excluding hydrogens is 601 g/mol. The summed E-state index contributed by atoms with van der Waals surface area (Å²) < 4.78 is 6.10. The van der Waals surface area contributed by atoms with Crippen LogP contribution in [-0.4, -0.2) is 57.6 Å². The van der Waals surface area contributed by atoms with Gasteiger partial charge in [0.15, 0.2) is 11.6 Å².